The third-order valence-electron chi connectivity index (χ3n) is 6.32. The number of hydrogen-bond donors (Lipinski definition) is 3. The van der Waals surface area contributed by atoms with Crippen molar-refractivity contribution in [2.45, 2.75) is 25.6 Å². The largest absolute Gasteiger partial charge is 0.416 e. The molecule has 0 radical (unpaired) electrons. The van der Waals surface area contributed by atoms with Gasteiger partial charge in [-0.15, -0.1) is 22.7 Å². The number of alkyl halides is 3. The molecule has 1 aliphatic rings. The molecule has 1 aliphatic heterocycles. The van der Waals surface area contributed by atoms with E-state index in [1.807, 2.05) is 18.2 Å². The second-order valence-corrected chi connectivity index (χ2v) is 11.1. The van der Waals surface area contributed by atoms with Crippen LogP contribution < -0.4 is 16.0 Å². The average molecular weight is 561 g/mol. The Kier molecular flexibility index (Phi) is 8.10. The Labute approximate surface area is 226 Å². The highest BCUT2D eigenvalue weighted by molar-refractivity contribution is 7.23. The third-order valence-corrected chi connectivity index (χ3v) is 8.52. The zero-order chi connectivity index (χ0) is 26.7. The van der Waals surface area contributed by atoms with Crippen molar-refractivity contribution >= 4 is 43.8 Å². The van der Waals surface area contributed by atoms with E-state index in [-0.39, 0.29) is 5.91 Å². The van der Waals surface area contributed by atoms with Gasteiger partial charge in [-0.1, -0.05) is 18.2 Å². The number of thiophene rings is 1. The molecule has 200 valence electrons. The van der Waals surface area contributed by atoms with Gasteiger partial charge < -0.3 is 20.7 Å². The van der Waals surface area contributed by atoms with Gasteiger partial charge in [-0.05, 0) is 53.9 Å². The molecule has 0 saturated heterocycles. The summed E-state index contributed by atoms with van der Waals surface area (Å²) >= 11 is 3.10. The Morgan fingerprint density at radius 3 is 2.79 bits per heavy atom. The van der Waals surface area contributed by atoms with Crippen LogP contribution in [0.4, 0.5) is 18.2 Å². The second-order valence-electron chi connectivity index (χ2n) is 8.96. The lowest BCUT2D eigenvalue weighted by Gasteiger charge is -2.13. The summed E-state index contributed by atoms with van der Waals surface area (Å²) < 4.78 is 45.6. The van der Waals surface area contributed by atoms with Crippen molar-refractivity contribution in [2.75, 3.05) is 38.7 Å². The predicted molar refractivity (Wildman–Crippen MR) is 147 cm³/mol. The van der Waals surface area contributed by atoms with Crippen molar-refractivity contribution in [3.8, 4) is 21.7 Å². The molecule has 2 aromatic heterocycles. The lowest BCUT2D eigenvalue weighted by atomic mass is 10.0. The fraction of sp³-hybridized carbons (Fsp3) is 0.333. The lowest BCUT2D eigenvalue weighted by molar-refractivity contribution is -0.137. The minimum Gasteiger partial charge on any atom is -0.383 e. The number of benzene rings is 2. The predicted octanol–water partition coefficient (Wildman–Crippen LogP) is 5.92. The third kappa shape index (κ3) is 5.92. The van der Waals surface area contributed by atoms with Crippen molar-refractivity contribution in [1.29, 1.82) is 0 Å². The average Bonchev–Trinajstić information content (AvgIpc) is 3.48. The molecule has 0 unspecified atom stereocenters. The summed E-state index contributed by atoms with van der Waals surface area (Å²) in [5.74, 6) is -0.0735. The van der Waals surface area contributed by atoms with Crippen LogP contribution in [0.15, 0.2) is 42.5 Å². The molecule has 38 heavy (non-hydrogen) atoms. The molecule has 4 aromatic rings. The zero-order valence-electron chi connectivity index (χ0n) is 20.7. The van der Waals surface area contributed by atoms with Crippen molar-refractivity contribution in [1.82, 2.24) is 15.6 Å². The van der Waals surface area contributed by atoms with E-state index in [1.165, 1.54) is 27.8 Å². The molecular weight excluding hydrogens is 533 g/mol. The van der Waals surface area contributed by atoms with Gasteiger partial charge in [-0.3, -0.25) is 4.79 Å². The molecule has 11 heteroatoms. The maximum absolute atomic E-state index is 13.2. The van der Waals surface area contributed by atoms with E-state index < -0.39 is 11.7 Å². The number of carbonyl (C=O) groups is 1. The fourth-order valence-corrected chi connectivity index (χ4v) is 6.75. The Hall–Kier alpha value is -2.83. The van der Waals surface area contributed by atoms with Crippen LogP contribution in [0.3, 0.4) is 0 Å². The van der Waals surface area contributed by atoms with Crippen LogP contribution >= 0.6 is 22.7 Å². The van der Waals surface area contributed by atoms with Crippen molar-refractivity contribution in [3.63, 3.8) is 0 Å². The summed E-state index contributed by atoms with van der Waals surface area (Å²) in [7, 11) is 1.64. The molecule has 0 atom stereocenters. The molecule has 2 aromatic carbocycles. The Balaban J connectivity index is 1.44. The van der Waals surface area contributed by atoms with Gasteiger partial charge in [0.15, 0.2) is 0 Å². The normalized spacial score (nSPS) is 13.6. The highest BCUT2D eigenvalue weighted by Crippen LogP contribution is 2.45. The molecule has 3 N–H and O–H groups in total. The zero-order valence-corrected chi connectivity index (χ0v) is 22.3. The Bertz CT molecular complexity index is 1450. The number of thiazole rings is 1. The Morgan fingerprint density at radius 2 is 1.97 bits per heavy atom. The number of fused-ring (bicyclic) bond motifs is 2. The van der Waals surface area contributed by atoms with Gasteiger partial charge in [0.1, 0.15) is 10.0 Å². The summed E-state index contributed by atoms with van der Waals surface area (Å²) in [4.78, 5) is 18.8. The number of carbonyl (C=O) groups excluding carboxylic acids is 1. The summed E-state index contributed by atoms with van der Waals surface area (Å²) in [5.41, 5.74) is 3.34. The smallest absolute Gasteiger partial charge is 0.383 e. The number of methoxy groups -OCH3 is 1. The molecule has 0 aliphatic carbocycles. The van der Waals surface area contributed by atoms with Crippen molar-refractivity contribution in [3.05, 3.63) is 58.5 Å². The minimum atomic E-state index is -4.40. The first-order valence-corrected chi connectivity index (χ1v) is 13.9. The number of nitrogens with zero attached hydrogens (tertiary/aromatic N) is 1. The molecule has 6 nitrogen and oxygen atoms in total. The summed E-state index contributed by atoms with van der Waals surface area (Å²) in [6, 6.07) is 10.9. The SMILES string of the molecule is COCCNCCC(=O)Nc1sc2c(c1-c1nc3cc(-c4cccc(C(F)(F)F)c4)ccc3s1)CCNC2. The number of anilines is 1. The van der Waals surface area contributed by atoms with Gasteiger partial charge in [0.2, 0.25) is 5.91 Å². The van der Waals surface area contributed by atoms with Gasteiger partial charge in [0.25, 0.3) is 0 Å². The van der Waals surface area contributed by atoms with Crippen molar-refractivity contribution in [2.24, 2.45) is 0 Å². The number of nitrogens with one attached hydrogen (secondary N) is 3. The number of amides is 1. The summed E-state index contributed by atoms with van der Waals surface area (Å²) in [6.45, 7) is 3.41. The number of hydrogen-bond acceptors (Lipinski definition) is 7. The van der Waals surface area contributed by atoms with Crippen LogP contribution in [0, 0.1) is 0 Å². The van der Waals surface area contributed by atoms with Crippen LogP contribution in [0.25, 0.3) is 31.9 Å². The molecular formula is C27H27F3N4O2S2. The van der Waals surface area contributed by atoms with E-state index in [0.717, 1.165) is 51.9 Å². The number of ether oxygens (including phenoxy) is 1. The minimum absolute atomic E-state index is 0.0735. The van der Waals surface area contributed by atoms with E-state index in [9.17, 15) is 18.0 Å². The van der Waals surface area contributed by atoms with Crippen LogP contribution in [0.1, 0.15) is 22.4 Å². The quantitative estimate of drug-likeness (QED) is 0.222. The Morgan fingerprint density at radius 1 is 1.13 bits per heavy atom. The molecule has 5 rings (SSSR count). The van der Waals surface area contributed by atoms with E-state index in [1.54, 1.807) is 24.5 Å². The molecule has 0 fully saturated rings. The first-order chi connectivity index (χ1) is 18.3. The maximum atomic E-state index is 13.2. The van der Waals surface area contributed by atoms with E-state index in [4.69, 9.17) is 9.72 Å². The first kappa shape index (κ1) is 26.8. The molecule has 0 spiro atoms. The fourth-order valence-electron chi connectivity index (χ4n) is 4.43. The topological polar surface area (TPSA) is 75.3 Å². The van der Waals surface area contributed by atoms with Crippen LogP contribution in [-0.2, 0) is 28.7 Å². The lowest BCUT2D eigenvalue weighted by Crippen LogP contribution is -2.24. The number of aromatic nitrogens is 1. The number of rotatable bonds is 9. The van der Waals surface area contributed by atoms with Gasteiger partial charge in [0.05, 0.1) is 22.4 Å². The highest BCUT2D eigenvalue weighted by atomic mass is 32.1. The van der Waals surface area contributed by atoms with Gasteiger partial charge in [-0.25, -0.2) is 4.98 Å². The van der Waals surface area contributed by atoms with E-state index in [0.29, 0.717) is 42.8 Å². The summed E-state index contributed by atoms with van der Waals surface area (Å²) in [6.07, 6.45) is -3.23. The molecule has 0 bridgehead atoms. The first-order valence-electron chi connectivity index (χ1n) is 12.3. The van der Waals surface area contributed by atoms with Gasteiger partial charge in [-0.2, -0.15) is 13.2 Å². The van der Waals surface area contributed by atoms with E-state index >= 15 is 0 Å². The maximum Gasteiger partial charge on any atom is 0.416 e. The second kappa shape index (κ2) is 11.5. The van der Waals surface area contributed by atoms with E-state index in [2.05, 4.69) is 16.0 Å². The highest BCUT2D eigenvalue weighted by Gasteiger charge is 2.30. The number of halogens is 3. The monoisotopic (exact) mass is 560 g/mol. The van der Waals surface area contributed by atoms with Crippen LogP contribution in [0.5, 0.6) is 0 Å². The standard InChI is InChI=1S/C27H27F3N4O2S2/c1-36-12-11-31-10-8-23(35)34-26-24(19-7-9-32-15-22(19)38-26)25-33-20-14-17(5-6-21(20)37-25)16-3-2-4-18(13-16)27(28,29)30/h2-6,13-14,31-32H,7-12,15H2,1H3,(H,34,35). The van der Waals surface area contributed by atoms with Gasteiger partial charge in [0, 0.05) is 43.6 Å². The molecule has 3 heterocycles. The van der Waals surface area contributed by atoms with Crippen molar-refractivity contribution < 1.29 is 22.7 Å². The molecule has 1 amide bonds. The van der Waals surface area contributed by atoms with Gasteiger partial charge >= 0.3 is 6.18 Å². The summed E-state index contributed by atoms with van der Waals surface area (Å²) in [5, 5.41) is 11.3. The molecule has 0 saturated carbocycles. The van der Waals surface area contributed by atoms with Crippen LogP contribution in [-0.4, -0.2) is 44.2 Å². The van der Waals surface area contributed by atoms with Crippen LogP contribution in [0.2, 0.25) is 0 Å².